The number of carbonyl (C=O) groups is 1. The van der Waals surface area contributed by atoms with Gasteiger partial charge in [0, 0.05) is 6.08 Å². The number of hydrogen-bond acceptors (Lipinski definition) is 2. The summed E-state index contributed by atoms with van der Waals surface area (Å²) in [6.45, 7) is 11.1. The zero-order chi connectivity index (χ0) is 17.5. The van der Waals surface area contributed by atoms with E-state index in [9.17, 15) is 9.90 Å². The fraction of sp³-hybridized carbons (Fsp3) is 0.850. The highest BCUT2D eigenvalue weighted by Gasteiger charge is 2.60. The first kappa shape index (κ1) is 18.5. The van der Waals surface area contributed by atoms with Crippen molar-refractivity contribution in [1.82, 2.24) is 0 Å². The summed E-state index contributed by atoms with van der Waals surface area (Å²) in [4.78, 5) is 10.8. The predicted molar refractivity (Wildman–Crippen MR) is 93.2 cm³/mol. The van der Waals surface area contributed by atoms with Crippen LogP contribution in [-0.2, 0) is 4.79 Å². The van der Waals surface area contributed by atoms with E-state index in [0.29, 0.717) is 18.8 Å². The van der Waals surface area contributed by atoms with Gasteiger partial charge in [-0.3, -0.25) is 0 Å². The van der Waals surface area contributed by atoms with E-state index in [0.717, 1.165) is 18.4 Å². The Morgan fingerprint density at radius 3 is 2.48 bits per heavy atom. The summed E-state index contributed by atoms with van der Waals surface area (Å²) in [5.41, 5.74) is 0.378. The Kier molecular flexibility index (Phi) is 5.02. The summed E-state index contributed by atoms with van der Waals surface area (Å²) in [6.07, 6.45) is 8.40. The van der Waals surface area contributed by atoms with Gasteiger partial charge in [0.25, 0.3) is 0 Å². The highest BCUT2D eigenvalue weighted by atomic mass is 16.4. The van der Waals surface area contributed by atoms with Crippen LogP contribution in [0.3, 0.4) is 0 Å². The summed E-state index contributed by atoms with van der Waals surface area (Å²) in [5, 5.41) is 20.6. The zero-order valence-corrected chi connectivity index (χ0v) is 15.5. The summed E-state index contributed by atoms with van der Waals surface area (Å²) in [6, 6.07) is 0. The third-order valence-corrected chi connectivity index (χ3v) is 7.19. The Balaban J connectivity index is 2.27. The lowest BCUT2D eigenvalue weighted by atomic mass is 9.44. The Labute approximate surface area is 141 Å². The van der Waals surface area contributed by atoms with Crippen molar-refractivity contribution in [3.05, 3.63) is 11.6 Å². The number of allylic oxidation sites excluding steroid dienone is 1. The lowest BCUT2D eigenvalue weighted by molar-refractivity contribution is -0.211. The van der Waals surface area contributed by atoms with Gasteiger partial charge < -0.3 is 10.2 Å². The van der Waals surface area contributed by atoms with E-state index in [4.69, 9.17) is 5.11 Å². The Morgan fingerprint density at radius 1 is 1.22 bits per heavy atom. The first-order valence-electron chi connectivity index (χ1n) is 9.15. The molecule has 0 aliphatic heterocycles. The fourth-order valence-corrected chi connectivity index (χ4v) is 5.77. The first-order chi connectivity index (χ1) is 10.5. The highest BCUT2D eigenvalue weighted by Crippen LogP contribution is 2.63. The van der Waals surface area contributed by atoms with E-state index in [2.05, 4.69) is 27.7 Å². The number of fused-ring (bicyclic) bond motifs is 1. The molecule has 2 aliphatic carbocycles. The van der Waals surface area contributed by atoms with Crippen molar-refractivity contribution in [2.24, 2.45) is 22.7 Å². The molecular formula is C20H34O3. The average Bonchev–Trinajstić information content (AvgIpc) is 2.41. The molecule has 23 heavy (non-hydrogen) atoms. The van der Waals surface area contributed by atoms with Gasteiger partial charge in [-0.1, -0.05) is 39.7 Å². The lowest BCUT2D eigenvalue weighted by Crippen LogP contribution is -2.62. The smallest absolute Gasteiger partial charge is 0.328 e. The predicted octanol–water partition coefficient (Wildman–Crippen LogP) is 4.79. The number of aliphatic carboxylic acids is 1. The van der Waals surface area contributed by atoms with E-state index in [1.54, 1.807) is 0 Å². The van der Waals surface area contributed by atoms with Crippen LogP contribution in [0.1, 0.15) is 79.6 Å². The van der Waals surface area contributed by atoms with Crippen LogP contribution in [0.2, 0.25) is 0 Å². The van der Waals surface area contributed by atoms with E-state index < -0.39 is 11.6 Å². The molecule has 132 valence electrons. The normalized spacial score (nSPS) is 40.5. The molecule has 2 aliphatic rings. The molecule has 0 amide bonds. The van der Waals surface area contributed by atoms with Crippen LogP contribution in [0.4, 0.5) is 0 Å². The van der Waals surface area contributed by atoms with Crippen molar-refractivity contribution in [2.75, 3.05) is 0 Å². The summed E-state index contributed by atoms with van der Waals surface area (Å²) < 4.78 is 0. The van der Waals surface area contributed by atoms with Gasteiger partial charge in [0.2, 0.25) is 0 Å². The molecule has 0 aromatic carbocycles. The molecule has 0 aromatic rings. The molecular weight excluding hydrogens is 288 g/mol. The van der Waals surface area contributed by atoms with Crippen molar-refractivity contribution in [2.45, 2.75) is 85.2 Å². The maximum Gasteiger partial charge on any atom is 0.328 e. The number of carboxylic acids is 1. The van der Waals surface area contributed by atoms with Crippen molar-refractivity contribution in [3.8, 4) is 0 Å². The monoisotopic (exact) mass is 322 g/mol. The fourth-order valence-electron chi connectivity index (χ4n) is 5.77. The molecule has 2 fully saturated rings. The van der Waals surface area contributed by atoms with Gasteiger partial charge in [0.05, 0.1) is 5.60 Å². The number of hydrogen-bond donors (Lipinski definition) is 2. The maximum absolute atomic E-state index is 11.7. The minimum atomic E-state index is -0.894. The minimum absolute atomic E-state index is 0.0596. The molecule has 0 saturated heterocycles. The maximum atomic E-state index is 11.7. The molecule has 0 aromatic heterocycles. The van der Waals surface area contributed by atoms with Gasteiger partial charge in [-0.25, -0.2) is 4.79 Å². The molecule has 0 bridgehead atoms. The Hall–Kier alpha value is -0.830. The third kappa shape index (κ3) is 3.22. The molecule has 2 saturated carbocycles. The molecule has 4 atom stereocenters. The van der Waals surface area contributed by atoms with Crippen LogP contribution < -0.4 is 0 Å². The minimum Gasteiger partial charge on any atom is -0.478 e. The van der Waals surface area contributed by atoms with E-state index in [1.165, 1.54) is 25.3 Å². The second-order valence-electron chi connectivity index (χ2n) is 9.04. The molecule has 3 nitrogen and oxygen atoms in total. The Bertz CT molecular complexity index is 493. The van der Waals surface area contributed by atoms with Gasteiger partial charge >= 0.3 is 5.97 Å². The van der Waals surface area contributed by atoms with E-state index >= 15 is 0 Å². The third-order valence-electron chi connectivity index (χ3n) is 7.19. The molecule has 0 radical (unpaired) electrons. The lowest BCUT2D eigenvalue weighted by Gasteiger charge is -2.63. The van der Waals surface area contributed by atoms with E-state index in [-0.39, 0.29) is 16.7 Å². The largest absolute Gasteiger partial charge is 0.478 e. The average molecular weight is 322 g/mol. The zero-order valence-electron chi connectivity index (χ0n) is 15.5. The summed E-state index contributed by atoms with van der Waals surface area (Å²) in [7, 11) is 0. The van der Waals surface area contributed by atoms with Crippen LogP contribution in [0.15, 0.2) is 11.6 Å². The molecule has 2 N–H and O–H groups in total. The van der Waals surface area contributed by atoms with Gasteiger partial charge in [-0.05, 0) is 68.1 Å². The number of carboxylic acid groups (broad SMARTS) is 1. The highest BCUT2D eigenvalue weighted by molar-refractivity contribution is 5.80. The molecule has 3 heteroatoms. The van der Waals surface area contributed by atoms with E-state index in [1.807, 2.05) is 6.92 Å². The van der Waals surface area contributed by atoms with Gasteiger partial charge in [0.1, 0.15) is 0 Å². The second kappa shape index (κ2) is 6.23. The van der Waals surface area contributed by atoms with Gasteiger partial charge in [0.15, 0.2) is 0 Å². The number of rotatable bonds is 4. The van der Waals surface area contributed by atoms with Crippen LogP contribution in [0, 0.1) is 22.7 Å². The topological polar surface area (TPSA) is 57.5 Å². The van der Waals surface area contributed by atoms with Crippen molar-refractivity contribution in [3.63, 3.8) is 0 Å². The number of aliphatic hydroxyl groups is 1. The SMILES string of the molecule is CC(=CC(=O)O)CC[C@@]1(O)C(C)CCC2C(C)(C)CCC[C@@]21C. The van der Waals surface area contributed by atoms with Gasteiger partial charge in [-0.2, -0.15) is 0 Å². The summed E-state index contributed by atoms with van der Waals surface area (Å²) in [5.74, 6) is -0.0712. The molecule has 2 rings (SSSR count). The van der Waals surface area contributed by atoms with Crippen LogP contribution in [-0.4, -0.2) is 21.8 Å². The standard InChI is InChI=1S/C20H34O3/c1-14(13-17(21)22)9-12-20(23)15(2)7-8-16-18(3,4)10-6-11-19(16,20)5/h13,15-16,23H,6-12H2,1-5H3,(H,21,22)/t15?,16?,19-,20+/m0/s1. The van der Waals surface area contributed by atoms with Gasteiger partial charge in [-0.15, -0.1) is 0 Å². The van der Waals surface area contributed by atoms with Crippen LogP contribution in [0.5, 0.6) is 0 Å². The molecule has 2 unspecified atom stereocenters. The van der Waals surface area contributed by atoms with Crippen LogP contribution >= 0.6 is 0 Å². The van der Waals surface area contributed by atoms with Crippen molar-refractivity contribution < 1.29 is 15.0 Å². The first-order valence-corrected chi connectivity index (χ1v) is 9.15. The molecule has 0 spiro atoms. The van der Waals surface area contributed by atoms with Crippen LogP contribution in [0.25, 0.3) is 0 Å². The summed E-state index contributed by atoms with van der Waals surface area (Å²) >= 11 is 0. The second-order valence-corrected chi connectivity index (χ2v) is 9.04. The quantitative estimate of drug-likeness (QED) is 0.732. The van der Waals surface area contributed by atoms with Crippen molar-refractivity contribution in [1.29, 1.82) is 0 Å². The van der Waals surface area contributed by atoms with Crippen molar-refractivity contribution >= 4 is 5.97 Å². The Morgan fingerprint density at radius 2 is 1.87 bits per heavy atom. The molecule has 0 heterocycles.